The maximum atomic E-state index is 8.92. The molecule has 0 saturated heterocycles. The van der Waals surface area contributed by atoms with E-state index < -0.39 is 0 Å². The fraction of sp³-hybridized carbons (Fsp3) is 0.533. The first-order valence-electron chi connectivity index (χ1n) is 6.74. The third-order valence-corrected chi connectivity index (χ3v) is 3.31. The molecule has 0 heterocycles. The lowest BCUT2D eigenvalue weighted by atomic mass is 9.99. The van der Waals surface area contributed by atoms with Crippen LogP contribution in [0.5, 0.6) is 0 Å². The van der Waals surface area contributed by atoms with Gasteiger partial charge in [0.05, 0.1) is 5.56 Å². The molecule has 18 heavy (non-hydrogen) atoms. The van der Waals surface area contributed by atoms with E-state index in [2.05, 4.69) is 25.2 Å². The standard InChI is InChI=1S/C15H23N3/c1-3-5-6-12(4-2)11-18-14-7-8-15(17)13(9-14)10-16/h7-9,12,18H,3-6,11,17H2,1-2H3. The first kappa shape index (κ1) is 14.4. The first-order valence-corrected chi connectivity index (χ1v) is 6.74. The van der Waals surface area contributed by atoms with Gasteiger partial charge < -0.3 is 11.1 Å². The van der Waals surface area contributed by atoms with E-state index >= 15 is 0 Å². The Kier molecular flexibility index (Phi) is 6.07. The SMILES string of the molecule is CCCCC(CC)CNc1ccc(N)c(C#N)c1. The number of rotatable bonds is 7. The van der Waals surface area contributed by atoms with E-state index in [0.29, 0.717) is 17.2 Å². The van der Waals surface area contributed by atoms with Crippen molar-refractivity contribution in [3.63, 3.8) is 0 Å². The van der Waals surface area contributed by atoms with Crippen molar-refractivity contribution < 1.29 is 0 Å². The van der Waals surface area contributed by atoms with Crippen molar-refractivity contribution in [1.29, 1.82) is 5.26 Å². The van der Waals surface area contributed by atoms with Crippen LogP contribution in [-0.4, -0.2) is 6.54 Å². The van der Waals surface area contributed by atoms with Crippen LogP contribution in [0, 0.1) is 17.2 Å². The molecule has 0 saturated carbocycles. The van der Waals surface area contributed by atoms with E-state index in [4.69, 9.17) is 11.0 Å². The lowest BCUT2D eigenvalue weighted by molar-refractivity contribution is 0.473. The molecule has 0 radical (unpaired) electrons. The van der Waals surface area contributed by atoms with Crippen LogP contribution in [0.25, 0.3) is 0 Å². The Bertz CT molecular complexity index is 407. The topological polar surface area (TPSA) is 61.8 Å². The van der Waals surface area contributed by atoms with Crippen molar-refractivity contribution >= 4 is 11.4 Å². The minimum atomic E-state index is 0.543. The number of nitrogen functional groups attached to an aromatic ring is 1. The number of nitrogens with two attached hydrogens (primary N) is 1. The monoisotopic (exact) mass is 245 g/mol. The van der Waals surface area contributed by atoms with Gasteiger partial charge in [-0.15, -0.1) is 0 Å². The zero-order chi connectivity index (χ0) is 13.4. The molecule has 0 aromatic heterocycles. The molecule has 3 nitrogen and oxygen atoms in total. The van der Waals surface area contributed by atoms with Crippen molar-refractivity contribution in [2.45, 2.75) is 39.5 Å². The third kappa shape index (κ3) is 4.29. The van der Waals surface area contributed by atoms with Crippen molar-refractivity contribution in [1.82, 2.24) is 0 Å². The van der Waals surface area contributed by atoms with E-state index in [9.17, 15) is 0 Å². The first-order chi connectivity index (χ1) is 8.71. The lowest BCUT2D eigenvalue weighted by Crippen LogP contribution is -2.13. The average molecular weight is 245 g/mol. The Balaban J connectivity index is 2.54. The van der Waals surface area contributed by atoms with Crippen LogP contribution >= 0.6 is 0 Å². The van der Waals surface area contributed by atoms with E-state index in [0.717, 1.165) is 12.2 Å². The number of anilines is 2. The van der Waals surface area contributed by atoms with Gasteiger partial charge >= 0.3 is 0 Å². The molecule has 1 unspecified atom stereocenters. The van der Waals surface area contributed by atoms with Crippen molar-refractivity contribution in [3.05, 3.63) is 23.8 Å². The lowest BCUT2D eigenvalue weighted by Gasteiger charge is -2.16. The minimum absolute atomic E-state index is 0.543. The number of benzene rings is 1. The van der Waals surface area contributed by atoms with Gasteiger partial charge in [-0.05, 0) is 30.5 Å². The van der Waals surface area contributed by atoms with E-state index in [1.807, 2.05) is 12.1 Å². The summed E-state index contributed by atoms with van der Waals surface area (Å²) in [6.45, 7) is 5.41. The second-order valence-electron chi connectivity index (χ2n) is 4.71. The number of nitrogens with zero attached hydrogens (tertiary/aromatic N) is 1. The van der Waals surface area contributed by atoms with Crippen LogP contribution in [0.15, 0.2) is 18.2 Å². The largest absolute Gasteiger partial charge is 0.398 e. The molecular weight excluding hydrogens is 222 g/mol. The van der Waals surface area contributed by atoms with Crippen LogP contribution in [0.3, 0.4) is 0 Å². The summed E-state index contributed by atoms with van der Waals surface area (Å²) in [6, 6.07) is 7.65. The molecule has 1 aromatic rings. The number of unbranched alkanes of at least 4 members (excludes halogenated alkanes) is 1. The van der Waals surface area contributed by atoms with Gasteiger partial charge in [0.25, 0.3) is 0 Å². The highest BCUT2D eigenvalue weighted by molar-refractivity contribution is 5.61. The Morgan fingerprint density at radius 2 is 2.17 bits per heavy atom. The van der Waals surface area contributed by atoms with Crippen LogP contribution in [0.4, 0.5) is 11.4 Å². The van der Waals surface area contributed by atoms with E-state index in [-0.39, 0.29) is 0 Å². The summed E-state index contributed by atoms with van der Waals surface area (Å²) in [4.78, 5) is 0. The molecule has 1 rings (SSSR count). The zero-order valence-electron chi connectivity index (χ0n) is 11.4. The van der Waals surface area contributed by atoms with Gasteiger partial charge in [0.1, 0.15) is 6.07 Å². The summed E-state index contributed by atoms with van der Waals surface area (Å²) in [6.07, 6.45) is 4.98. The average Bonchev–Trinajstić information content (AvgIpc) is 2.40. The molecule has 0 aliphatic heterocycles. The number of nitriles is 1. The van der Waals surface area contributed by atoms with Gasteiger partial charge in [0.2, 0.25) is 0 Å². The van der Waals surface area contributed by atoms with Gasteiger partial charge in [-0.3, -0.25) is 0 Å². The van der Waals surface area contributed by atoms with Gasteiger partial charge in [0, 0.05) is 17.9 Å². The molecule has 0 aliphatic rings. The van der Waals surface area contributed by atoms with Crippen LogP contribution in [-0.2, 0) is 0 Å². The smallest absolute Gasteiger partial charge is 0.101 e. The van der Waals surface area contributed by atoms with Gasteiger partial charge in [-0.2, -0.15) is 5.26 Å². The molecule has 0 amide bonds. The Labute approximate surface area is 110 Å². The van der Waals surface area contributed by atoms with Gasteiger partial charge in [0.15, 0.2) is 0 Å². The van der Waals surface area contributed by atoms with E-state index in [1.54, 1.807) is 6.07 Å². The van der Waals surface area contributed by atoms with Crippen LogP contribution < -0.4 is 11.1 Å². The molecule has 3 heteroatoms. The molecule has 3 N–H and O–H groups in total. The fourth-order valence-corrected chi connectivity index (χ4v) is 1.97. The molecule has 0 fully saturated rings. The molecule has 1 aromatic carbocycles. The molecule has 0 bridgehead atoms. The van der Waals surface area contributed by atoms with Crippen LogP contribution in [0.2, 0.25) is 0 Å². The maximum absolute atomic E-state index is 8.92. The van der Waals surface area contributed by atoms with Crippen molar-refractivity contribution in [2.75, 3.05) is 17.6 Å². The summed E-state index contributed by atoms with van der Waals surface area (Å²) < 4.78 is 0. The summed E-state index contributed by atoms with van der Waals surface area (Å²) in [7, 11) is 0. The van der Waals surface area contributed by atoms with E-state index in [1.165, 1.54) is 25.7 Å². The molecule has 0 spiro atoms. The fourth-order valence-electron chi connectivity index (χ4n) is 1.97. The van der Waals surface area contributed by atoms with Crippen LogP contribution in [0.1, 0.15) is 45.1 Å². The normalized spacial score (nSPS) is 11.8. The van der Waals surface area contributed by atoms with Gasteiger partial charge in [-0.25, -0.2) is 0 Å². The molecule has 1 atom stereocenters. The van der Waals surface area contributed by atoms with Gasteiger partial charge in [-0.1, -0.05) is 33.1 Å². The number of nitrogens with one attached hydrogen (secondary N) is 1. The third-order valence-electron chi connectivity index (χ3n) is 3.31. The summed E-state index contributed by atoms with van der Waals surface area (Å²) in [5, 5.41) is 12.3. The predicted molar refractivity (Wildman–Crippen MR) is 77.4 cm³/mol. The number of hydrogen-bond acceptors (Lipinski definition) is 3. The Morgan fingerprint density at radius 1 is 1.39 bits per heavy atom. The molecular formula is C15H23N3. The highest BCUT2D eigenvalue weighted by atomic mass is 14.9. The number of hydrogen-bond donors (Lipinski definition) is 2. The second kappa shape index (κ2) is 7.60. The predicted octanol–water partition coefficient (Wildman–Crippen LogP) is 3.77. The zero-order valence-corrected chi connectivity index (χ0v) is 11.4. The van der Waals surface area contributed by atoms with Crippen molar-refractivity contribution in [2.24, 2.45) is 5.92 Å². The second-order valence-corrected chi connectivity index (χ2v) is 4.71. The summed E-state index contributed by atoms with van der Waals surface area (Å²) in [5.74, 6) is 0.702. The molecule has 98 valence electrons. The highest BCUT2D eigenvalue weighted by Gasteiger charge is 2.06. The van der Waals surface area contributed by atoms with Crippen molar-refractivity contribution in [3.8, 4) is 6.07 Å². The maximum Gasteiger partial charge on any atom is 0.101 e. The summed E-state index contributed by atoms with van der Waals surface area (Å²) >= 11 is 0. The highest BCUT2D eigenvalue weighted by Crippen LogP contribution is 2.19. The summed E-state index contributed by atoms with van der Waals surface area (Å²) in [5.41, 5.74) is 7.77. The molecule has 0 aliphatic carbocycles. The Hall–Kier alpha value is -1.69. The quantitative estimate of drug-likeness (QED) is 0.719. The Morgan fingerprint density at radius 3 is 2.78 bits per heavy atom. The minimum Gasteiger partial charge on any atom is -0.398 e.